The van der Waals surface area contributed by atoms with Gasteiger partial charge in [0.15, 0.2) is 0 Å². The highest BCUT2D eigenvalue weighted by Crippen LogP contribution is 2.53. The molecular weight excluding hydrogens is 386 g/mol. The molecule has 5 aliphatic rings. The Morgan fingerprint density at radius 3 is 2.87 bits per heavy atom. The summed E-state index contributed by atoms with van der Waals surface area (Å²) in [5.74, 6) is 2.47. The van der Waals surface area contributed by atoms with Crippen molar-refractivity contribution in [1.29, 1.82) is 0 Å². The van der Waals surface area contributed by atoms with Gasteiger partial charge in [-0.2, -0.15) is 0 Å². The fraction of sp³-hybridized carbons (Fsp3) is 0.731. The van der Waals surface area contributed by atoms with Crippen molar-refractivity contribution in [2.24, 2.45) is 23.7 Å². The van der Waals surface area contributed by atoms with Gasteiger partial charge in [-0.25, -0.2) is 0 Å². The molecule has 4 heterocycles. The molecule has 6 rings (SSSR count). The summed E-state index contributed by atoms with van der Waals surface area (Å²) in [6, 6.07) is 11.3. The third-order valence-corrected chi connectivity index (χ3v) is 8.28. The molecule has 0 aromatic heterocycles. The number of fused-ring (bicyclic) bond motifs is 1. The molecule has 1 aromatic rings. The van der Waals surface area contributed by atoms with Crippen LogP contribution < -0.4 is 10.6 Å². The number of piperidine rings is 2. The summed E-state index contributed by atoms with van der Waals surface area (Å²) < 4.78 is 5.89. The molecule has 0 spiro atoms. The number of amides is 1. The van der Waals surface area contributed by atoms with Crippen LogP contribution in [0, 0.1) is 23.7 Å². The van der Waals surface area contributed by atoms with Crippen molar-refractivity contribution in [3.05, 3.63) is 35.9 Å². The average molecular weight is 426 g/mol. The van der Waals surface area contributed by atoms with E-state index in [0.717, 1.165) is 51.9 Å². The van der Waals surface area contributed by atoms with E-state index in [1.807, 2.05) is 0 Å². The zero-order valence-corrected chi connectivity index (χ0v) is 19.2. The van der Waals surface area contributed by atoms with Crippen LogP contribution in [0.4, 0.5) is 0 Å². The topological polar surface area (TPSA) is 53.6 Å². The van der Waals surface area contributed by atoms with E-state index in [-0.39, 0.29) is 12.0 Å². The Kier molecular flexibility index (Phi) is 6.11. The maximum Gasteiger partial charge on any atom is 0.240 e. The molecule has 1 amide bonds. The maximum absolute atomic E-state index is 13.8. The molecule has 4 aliphatic heterocycles. The number of rotatable bonds is 7. The molecule has 170 valence electrons. The van der Waals surface area contributed by atoms with Crippen LogP contribution in [-0.4, -0.2) is 61.3 Å². The molecule has 31 heavy (non-hydrogen) atoms. The van der Waals surface area contributed by atoms with E-state index in [1.54, 1.807) is 0 Å². The SMILES string of the molecule is CC(C)CN1CC2CC3(C(=O)NCC4CCCCO4)NCC2C1C3Cc1ccccc1. The molecule has 6 atom stereocenters. The van der Waals surface area contributed by atoms with E-state index in [2.05, 4.69) is 59.7 Å². The first-order valence-corrected chi connectivity index (χ1v) is 12.5. The lowest BCUT2D eigenvalue weighted by atomic mass is 9.58. The second-order valence-electron chi connectivity index (χ2n) is 10.8. The summed E-state index contributed by atoms with van der Waals surface area (Å²) in [5, 5.41) is 7.12. The van der Waals surface area contributed by atoms with Gasteiger partial charge in [-0.05, 0) is 55.4 Å². The minimum atomic E-state index is -0.458. The van der Waals surface area contributed by atoms with E-state index in [4.69, 9.17) is 4.74 Å². The van der Waals surface area contributed by atoms with Crippen LogP contribution in [0.2, 0.25) is 0 Å². The largest absolute Gasteiger partial charge is 0.376 e. The van der Waals surface area contributed by atoms with Gasteiger partial charge in [0.25, 0.3) is 0 Å². The van der Waals surface area contributed by atoms with E-state index in [9.17, 15) is 4.79 Å². The number of nitrogens with one attached hydrogen (secondary N) is 2. The third-order valence-electron chi connectivity index (χ3n) is 8.28. The Labute approximate surface area is 187 Å². The number of carbonyl (C=O) groups is 1. The molecule has 5 heteroatoms. The van der Waals surface area contributed by atoms with Crippen molar-refractivity contribution in [2.75, 3.05) is 32.8 Å². The Balaban J connectivity index is 1.40. The van der Waals surface area contributed by atoms with Gasteiger partial charge in [-0.15, -0.1) is 0 Å². The third kappa shape index (κ3) is 4.05. The van der Waals surface area contributed by atoms with Gasteiger partial charge in [0.2, 0.25) is 5.91 Å². The summed E-state index contributed by atoms with van der Waals surface area (Å²) in [6.45, 7) is 9.38. The monoisotopic (exact) mass is 425 g/mol. The second kappa shape index (κ2) is 8.84. The number of benzene rings is 1. The summed E-state index contributed by atoms with van der Waals surface area (Å²) in [7, 11) is 0. The van der Waals surface area contributed by atoms with Crippen LogP contribution in [0.1, 0.15) is 45.1 Å². The van der Waals surface area contributed by atoms with Gasteiger partial charge in [-0.1, -0.05) is 44.2 Å². The lowest BCUT2D eigenvalue weighted by molar-refractivity contribution is -0.139. The Morgan fingerprint density at radius 2 is 2.13 bits per heavy atom. The molecule has 5 fully saturated rings. The van der Waals surface area contributed by atoms with Crippen molar-refractivity contribution in [2.45, 2.75) is 63.6 Å². The molecule has 4 saturated heterocycles. The number of carbonyl (C=O) groups excluding carboxylic acids is 1. The predicted octanol–water partition coefficient (Wildman–Crippen LogP) is 2.85. The lowest BCUT2D eigenvalue weighted by Gasteiger charge is -2.56. The molecule has 5 nitrogen and oxygen atoms in total. The van der Waals surface area contributed by atoms with Crippen LogP contribution in [0.15, 0.2) is 30.3 Å². The van der Waals surface area contributed by atoms with E-state index < -0.39 is 5.54 Å². The Hall–Kier alpha value is -1.43. The fourth-order valence-corrected chi connectivity index (χ4v) is 7.03. The summed E-state index contributed by atoms with van der Waals surface area (Å²) >= 11 is 0. The highest BCUT2D eigenvalue weighted by Gasteiger charge is 2.64. The smallest absolute Gasteiger partial charge is 0.240 e. The Morgan fingerprint density at radius 1 is 1.29 bits per heavy atom. The van der Waals surface area contributed by atoms with Gasteiger partial charge in [0, 0.05) is 44.7 Å². The number of hydrogen-bond acceptors (Lipinski definition) is 4. The fourth-order valence-electron chi connectivity index (χ4n) is 7.03. The summed E-state index contributed by atoms with van der Waals surface area (Å²) in [4.78, 5) is 16.5. The molecule has 1 aliphatic carbocycles. The van der Waals surface area contributed by atoms with Crippen molar-refractivity contribution < 1.29 is 9.53 Å². The van der Waals surface area contributed by atoms with Crippen molar-refractivity contribution >= 4 is 5.91 Å². The molecule has 2 N–H and O–H groups in total. The molecule has 4 bridgehead atoms. The van der Waals surface area contributed by atoms with Gasteiger partial charge in [0.1, 0.15) is 5.54 Å². The number of nitrogens with zero attached hydrogens (tertiary/aromatic N) is 1. The van der Waals surface area contributed by atoms with E-state index >= 15 is 0 Å². The van der Waals surface area contributed by atoms with Gasteiger partial charge < -0.3 is 15.4 Å². The van der Waals surface area contributed by atoms with Gasteiger partial charge >= 0.3 is 0 Å². The normalized spacial score (nSPS) is 37.3. The molecule has 1 saturated carbocycles. The van der Waals surface area contributed by atoms with Crippen LogP contribution in [-0.2, 0) is 16.0 Å². The van der Waals surface area contributed by atoms with Crippen LogP contribution in [0.5, 0.6) is 0 Å². The quantitative estimate of drug-likeness (QED) is 0.705. The summed E-state index contributed by atoms with van der Waals surface area (Å²) in [6.07, 6.45) is 5.52. The van der Waals surface area contributed by atoms with E-state index in [0.29, 0.717) is 36.3 Å². The number of ether oxygens (including phenoxy) is 1. The molecule has 0 radical (unpaired) electrons. The predicted molar refractivity (Wildman–Crippen MR) is 123 cm³/mol. The first-order chi connectivity index (χ1) is 15.1. The highest BCUT2D eigenvalue weighted by atomic mass is 16.5. The number of likely N-dealkylation sites (tertiary alicyclic amines) is 1. The number of hydrogen-bond donors (Lipinski definition) is 2. The minimum Gasteiger partial charge on any atom is -0.376 e. The zero-order chi connectivity index (χ0) is 21.4. The van der Waals surface area contributed by atoms with Crippen LogP contribution in [0.3, 0.4) is 0 Å². The lowest BCUT2D eigenvalue weighted by Crippen LogP contribution is -2.74. The van der Waals surface area contributed by atoms with Crippen LogP contribution in [0.25, 0.3) is 0 Å². The van der Waals surface area contributed by atoms with Gasteiger partial charge in [-0.3, -0.25) is 9.69 Å². The molecular formula is C26H39N3O2. The highest BCUT2D eigenvalue weighted by molar-refractivity contribution is 5.87. The van der Waals surface area contributed by atoms with E-state index in [1.165, 1.54) is 12.0 Å². The standard InChI is InChI=1S/C26H39N3O2/c1-18(2)16-29-17-20-13-26(25(30)27-14-21-10-6-7-11-31-21)23(24(29)22(20)15-28-26)12-19-8-4-3-5-9-19/h3-5,8-9,18,20-24,28H,6-7,10-17H2,1-2H3,(H,27,30). The van der Waals surface area contributed by atoms with Crippen molar-refractivity contribution in [1.82, 2.24) is 15.5 Å². The first kappa shape index (κ1) is 21.4. The zero-order valence-electron chi connectivity index (χ0n) is 19.2. The minimum absolute atomic E-state index is 0.177. The first-order valence-electron chi connectivity index (χ1n) is 12.5. The van der Waals surface area contributed by atoms with Crippen molar-refractivity contribution in [3.8, 4) is 0 Å². The molecule has 6 unspecified atom stereocenters. The van der Waals surface area contributed by atoms with Gasteiger partial charge in [0.05, 0.1) is 6.10 Å². The maximum atomic E-state index is 13.8. The average Bonchev–Trinajstić information content (AvgIpc) is 3.08. The Bertz CT molecular complexity index is 763. The van der Waals surface area contributed by atoms with Crippen LogP contribution >= 0.6 is 0 Å². The second-order valence-corrected chi connectivity index (χ2v) is 10.8. The summed E-state index contributed by atoms with van der Waals surface area (Å²) in [5.41, 5.74) is 0.887. The van der Waals surface area contributed by atoms with Crippen molar-refractivity contribution in [3.63, 3.8) is 0 Å². The molecule has 1 aromatic carbocycles.